The molecule has 0 fully saturated rings. The molecule has 1 radical (unpaired) electrons. The molecule has 0 aliphatic carbocycles. The van der Waals surface area contributed by atoms with E-state index in [-0.39, 0.29) is 50.8 Å². The Kier molecular flexibility index (Phi) is 16.7. The monoisotopic (exact) mass is 758 g/mol. The fourth-order valence-corrected chi connectivity index (χ4v) is 3.64. The number of pyridine rings is 3. The summed E-state index contributed by atoms with van der Waals surface area (Å²) in [5.74, 6) is -1.51. The number of hydrogen-bond donors (Lipinski definition) is 9. The number of aromatic amines is 3. The Morgan fingerprint density at radius 3 is 0.935 bits per heavy atom. The van der Waals surface area contributed by atoms with Gasteiger partial charge in [0.25, 0.3) is 23.5 Å². The third-order valence-corrected chi connectivity index (χ3v) is 6.49. The topological polar surface area (TPSA) is 368 Å². The van der Waals surface area contributed by atoms with Gasteiger partial charge in [-0.05, 0) is 20.8 Å². The second-order valence-electron chi connectivity index (χ2n) is 8.58. The summed E-state index contributed by atoms with van der Waals surface area (Å²) >= 11 is 0. The Morgan fingerprint density at radius 1 is 0.565 bits per heavy atom. The third kappa shape index (κ3) is 15.1. The van der Waals surface area contributed by atoms with Crippen LogP contribution in [-0.4, -0.2) is 45.0 Å². The van der Waals surface area contributed by atoms with E-state index in [4.69, 9.17) is 14.7 Å². The average molecular weight is 758 g/mol. The quantitative estimate of drug-likeness (QED) is 0.0849. The molecule has 3 aromatic rings. The SMILES string of the molecule is Cc1[nH]cc(COP(=O)([O-])O)c(=O)c1O.Cc1[nH]cc(COP(=O)([O-])O)c(=O)c1O.Cc1[nH]cc(COP(=O)([O-])O)c(=O)c1O.[Fe+3]. The number of H-pyrrole nitrogens is 3. The van der Waals surface area contributed by atoms with Crippen LogP contribution in [0.5, 0.6) is 17.2 Å². The molecule has 3 atom stereocenters. The van der Waals surface area contributed by atoms with Gasteiger partial charge in [0.2, 0.25) is 16.3 Å². The van der Waals surface area contributed by atoms with Gasteiger partial charge in [0, 0.05) is 35.3 Å². The van der Waals surface area contributed by atoms with Crippen LogP contribution in [0.15, 0.2) is 33.0 Å². The first kappa shape index (κ1) is 43.1. The molecule has 3 aromatic heterocycles. The van der Waals surface area contributed by atoms with Crippen LogP contribution in [-0.2, 0) is 64.2 Å². The van der Waals surface area contributed by atoms with Crippen LogP contribution in [0, 0.1) is 20.8 Å². The predicted molar refractivity (Wildman–Crippen MR) is 144 cm³/mol. The van der Waals surface area contributed by atoms with Crippen molar-refractivity contribution in [2.45, 2.75) is 40.6 Å². The van der Waals surface area contributed by atoms with Gasteiger partial charge in [-0.2, -0.15) is 0 Å². The summed E-state index contributed by atoms with van der Waals surface area (Å²) in [5, 5.41) is 27.6. The van der Waals surface area contributed by atoms with E-state index in [1.807, 2.05) is 0 Å². The van der Waals surface area contributed by atoms with E-state index in [2.05, 4.69) is 28.5 Å². The van der Waals surface area contributed by atoms with Gasteiger partial charge in [0.15, 0.2) is 17.2 Å². The van der Waals surface area contributed by atoms with E-state index in [9.17, 15) is 58.1 Å². The molecule has 46 heavy (non-hydrogen) atoms. The van der Waals surface area contributed by atoms with Crippen molar-refractivity contribution in [3.8, 4) is 17.2 Å². The molecule has 0 aromatic carbocycles. The molecule has 3 heterocycles. The second-order valence-corrected chi connectivity index (χ2v) is 12.2. The summed E-state index contributed by atoms with van der Waals surface area (Å²) in [5.41, 5.74) is -1.71. The van der Waals surface area contributed by atoms with Crippen LogP contribution < -0.4 is 31.0 Å². The van der Waals surface area contributed by atoms with E-state index in [0.717, 1.165) is 0 Å². The van der Waals surface area contributed by atoms with Gasteiger partial charge < -0.3 is 73.2 Å². The van der Waals surface area contributed by atoms with Gasteiger partial charge in [-0.3, -0.25) is 28.1 Å². The zero-order valence-electron chi connectivity index (χ0n) is 23.6. The largest absolute Gasteiger partial charge is 3.00 e. The Balaban J connectivity index is 0.000000653. The molecule has 257 valence electrons. The van der Waals surface area contributed by atoms with Crippen LogP contribution in [0.4, 0.5) is 0 Å². The Morgan fingerprint density at radius 2 is 0.761 bits per heavy atom. The summed E-state index contributed by atoms with van der Waals surface area (Å²) < 4.78 is 42.8. The molecule has 0 aliphatic heterocycles. The van der Waals surface area contributed by atoms with Crippen molar-refractivity contribution in [3.05, 3.63) is 83.0 Å². The summed E-state index contributed by atoms with van der Waals surface area (Å²) in [6, 6.07) is 0. The zero-order valence-corrected chi connectivity index (χ0v) is 27.4. The minimum Gasteiger partial charge on any atom is -0.756 e. The summed E-state index contributed by atoms with van der Waals surface area (Å²) in [7, 11) is -14.6. The third-order valence-electron chi connectivity index (χ3n) is 5.12. The van der Waals surface area contributed by atoms with Gasteiger partial charge >= 0.3 is 17.1 Å². The molecule has 9 N–H and O–H groups in total. The second kappa shape index (κ2) is 17.9. The predicted octanol–water partition coefficient (Wildman–Crippen LogP) is -1.90. The molecule has 0 spiro atoms. The molecular weight excluding hydrogens is 731 g/mol. The summed E-state index contributed by atoms with van der Waals surface area (Å²) in [6.07, 6.45) is 3.60. The van der Waals surface area contributed by atoms with Gasteiger partial charge in [0.1, 0.15) is 0 Å². The number of nitrogens with one attached hydrogen (secondary N) is 3. The van der Waals surface area contributed by atoms with Gasteiger partial charge in [-0.15, -0.1) is 0 Å². The van der Waals surface area contributed by atoms with E-state index in [0.29, 0.717) is 0 Å². The van der Waals surface area contributed by atoms with Crippen LogP contribution in [0.2, 0.25) is 0 Å². The van der Waals surface area contributed by atoms with Crippen LogP contribution >= 0.6 is 23.5 Å². The van der Waals surface area contributed by atoms with Crippen molar-refractivity contribution in [3.63, 3.8) is 0 Å². The molecule has 0 saturated carbocycles. The average Bonchev–Trinajstić information content (AvgIpc) is 2.91. The molecule has 0 saturated heterocycles. The first-order valence-electron chi connectivity index (χ1n) is 11.7. The van der Waals surface area contributed by atoms with Gasteiger partial charge in [-0.1, -0.05) is 0 Å². The Labute approximate surface area is 268 Å². The van der Waals surface area contributed by atoms with Crippen molar-refractivity contribution in [1.29, 1.82) is 0 Å². The van der Waals surface area contributed by atoms with Crippen molar-refractivity contribution in [1.82, 2.24) is 15.0 Å². The first-order chi connectivity index (χ1) is 20.4. The molecular formula is C21H27FeN3O18P3. The molecule has 3 rings (SSSR count). The molecule has 25 heteroatoms. The van der Waals surface area contributed by atoms with Crippen molar-refractivity contribution in [2.75, 3.05) is 0 Å². The van der Waals surface area contributed by atoms with Crippen LogP contribution in [0.3, 0.4) is 0 Å². The standard InChI is InChI=1S/3C7H10NO6P.Fe/c3*1-4-6(9)7(10)5(2-8-4)3-14-15(11,12)13;/h3*2,9H,3H2,1H3,(H,8,10)(H2,11,12,13);/q;;;+3/p-3. The molecule has 0 amide bonds. The van der Waals surface area contributed by atoms with E-state index in [1.54, 1.807) is 0 Å². The number of aromatic nitrogens is 3. The fourth-order valence-electron chi connectivity index (χ4n) is 2.73. The van der Waals surface area contributed by atoms with Crippen LogP contribution in [0.25, 0.3) is 0 Å². The van der Waals surface area contributed by atoms with E-state index < -0.39 is 76.8 Å². The molecule has 3 unspecified atom stereocenters. The number of rotatable bonds is 9. The fraction of sp³-hybridized carbons (Fsp3) is 0.286. The van der Waals surface area contributed by atoms with Crippen molar-refractivity contribution < 1.29 is 89.0 Å². The number of phosphoric ester groups is 3. The Hall–Kier alpha value is -2.90. The number of phosphoric acid groups is 3. The maximum Gasteiger partial charge on any atom is 3.00 e. The maximum absolute atomic E-state index is 11.3. The van der Waals surface area contributed by atoms with Gasteiger partial charge in [-0.25, -0.2) is 0 Å². The normalized spacial score (nSPS) is 14.5. The minimum atomic E-state index is -4.86. The maximum atomic E-state index is 11.3. The number of aryl methyl sites for hydroxylation is 3. The summed E-state index contributed by atoms with van der Waals surface area (Å²) in [6.45, 7) is 2.56. The first-order valence-corrected chi connectivity index (χ1v) is 16.2. The molecule has 0 aliphatic rings. The Bertz CT molecular complexity index is 1600. The van der Waals surface area contributed by atoms with Crippen molar-refractivity contribution in [2.24, 2.45) is 0 Å². The number of aromatic hydroxyl groups is 3. The molecule has 21 nitrogen and oxygen atoms in total. The zero-order chi connectivity index (χ0) is 34.9. The van der Waals surface area contributed by atoms with Gasteiger partial charge in [0.05, 0.1) is 36.9 Å². The molecule has 0 bridgehead atoms. The van der Waals surface area contributed by atoms with Crippen LogP contribution in [0.1, 0.15) is 33.8 Å². The minimum absolute atomic E-state index is 0. The number of hydrogen-bond acceptors (Lipinski definition) is 15. The summed E-state index contributed by atoms with van der Waals surface area (Å²) in [4.78, 5) is 97.1. The van der Waals surface area contributed by atoms with E-state index in [1.165, 1.54) is 39.4 Å². The van der Waals surface area contributed by atoms with Crippen molar-refractivity contribution >= 4 is 23.5 Å². The smallest absolute Gasteiger partial charge is 0.756 e. The van der Waals surface area contributed by atoms with E-state index >= 15 is 0 Å².